The van der Waals surface area contributed by atoms with Crippen molar-refractivity contribution in [1.82, 2.24) is 20.0 Å². The lowest BCUT2D eigenvalue weighted by Crippen LogP contribution is -2.57. The fourth-order valence-electron chi connectivity index (χ4n) is 3.10. The van der Waals surface area contributed by atoms with Gasteiger partial charge >= 0.3 is 6.03 Å². The van der Waals surface area contributed by atoms with Gasteiger partial charge in [0.25, 0.3) is 0 Å². The lowest BCUT2D eigenvalue weighted by atomic mass is 10.0. The van der Waals surface area contributed by atoms with Crippen molar-refractivity contribution in [3.05, 3.63) is 0 Å². The molecule has 0 aromatic carbocycles. The minimum atomic E-state index is -0.0104. The van der Waals surface area contributed by atoms with Crippen LogP contribution < -0.4 is 5.32 Å². The van der Waals surface area contributed by atoms with Gasteiger partial charge in [-0.1, -0.05) is 6.42 Å². The summed E-state index contributed by atoms with van der Waals surface area (Å²) in [7, 11) is 0. The van der Waals surface area contributed by atoms with Gasteiger partial charge in [0.1, 0.15) is 0 Å². The number of nitrogens with zero attached hydrogens (tertiary/aromatic N) is 3. The van der Waals surface area contributed by atoms with E-state index >= 15 is 0 Å². The van der Waals surface area contributed by atoms with Crippen molar-refractivity contribution < 1.29 is 9.59 Å². The Labute approximate surface area is 127 Å². The molecule has 2 fully saturated rings. The highest BCUT2D eigenvalue weighted by atomic mass is 16.2. The van der Waals surface area contributed by atoms with Crippen LogP contribution in [-0.2, 0) is 4.79 Å². The molecular weight excluding hydrogens is 268 g/mol. The quantitative estimate of drug-likeness (QED) is 0.835. The van der Waals surface area contributed by atoms with Crippen LogP contribution in [0.15, 0.2) is 0 Å². The van der Waals surface area contributed by atoms with Gasteiger partial charge in [-0.2, -0.15) is 0 Å². The smallest absolute Gasteiger partial charge is 0.320 e. The Balaban J connectivity index is 1.82. The van der Waals surface area contributed by atoms with Crippen LogP contribution in [0.3, 0.4) is 0 Å². The third-order valence-electron chi connectivity index (χ3n) is 4.50. The normalized spacial score (nSPS) is 23.0. The molecule has 2 aliphatic rings. The van der Waals surface area contributed by atoms with Crippen molar-refractivity contribution in [2.75, 3.05) is 45.8 Å². The second kappa shape index (κ2) is 7.64. The fourth-order valence-corrected chi connectivity index (χ4v) is 3.10. The summed E-state index contributed by atoms with van der Waals surface area (Å²) in [5, 5.41) is 3.31. The van der Waals surface area contributed by atoms with Gasteiger partial charge in [0, 0.05) is 39.3 Å². The lowest BCUT2D eigenvalue weighted by molar-refractivity contribution is -0.135. The molecule has 6 heteroatoms. The van der Waals surface area contributed by atoms with E-state index in [0.717, 1.165) is 38.9 Å². The Bertz CT molecular complexity index is 357. The van der Waals surface area contributed by atoms with Crippen molar-refractivity contribution in [2.24, 2.45) is 0 Å². The Kier molecular flexibility index (Phi) is 5.85. The molecule has 120 valence electrons. The van der Waals surface area contributed by atoms with E-state index in [-0.39, 0.29) is 18.0 Å². The van der Waals surface area contributed by atoms with Gasteiger partial charge in [0.15, 0.2) is 0 Å². The van der Waals surface area contributed by atoms with Gasteiger partial charge in [0.2, 0.25) is 5.91 Å². The number of hydrogen-bond donors (Lipinski definition) is 1. The maximum absolute atomic E-state index is 12.4. The van der Waals surface area contributed by atoms with E-state index < -0.39 is 0 Å². The van der Waals surface area contributed by atoms with E-state index in [2.05, 4.69) is 5.32 Å². The first-order valence-electron chi connectivity index (χ1n) is 8.23. The molecule has 2 heterocycles. The third-order valence-corrected chi connectivity index (χ3v) is 4.50. The zero-order valence-electron chi connectivity index (χ0n) is 13.3. The highest BCUT2D eigenvalue weighted by Gasteiger charge is 2.30. The van der Waals surface area contributed by atoms with Crippen LogP contribution in [-0.4, -0.2) is 78.5 Å². The maximum Gasteiger partial charge on any atom is 0.320 e. The Morgan fingerprint density at radius 3 is 2.19 bits per heavy atom. The first-order chi connectivity index (χ1) is 10.2. The van der Waals surface area contributed by atoms with Gasteiger partial charge in [0.05, 0.1) is 6.04 Å². The molecule has 1 N–H and O–H groups in total. The number of carbonyl (C=O) groups is 2. The summed E-state index contributed by atoms with van der Waals surface area (Å²) in [4.78, 5) is 30.3. The molecule has 0 saturated carbocycles. The van der Waals surface area contributed by atoms with Crippen LogP contribution in [0.2, 0.25) is 0 Å². The Morgan fingerprint density at radius 1 is 1.05 bits per heavy atom. The molecule has 2 aliphatic heterocycles. The molecule has 2 rings (SSSR count). The molecule has 21 heavy (non-hydrogen) atoms. The molecule has 0 aromatic heterocycles. The molecule has 2 saturated heterocycles. The second-order valence-corrected chi connectivity index (χ2v) is 5.77. The van der Waals surface area contributed by atoms with Gasteiger partial charge in [-0.15, -0.1) is 0 Å². The zero-order valence-corrected chi connectivity index (χ0v) is 13.3. The fraction of sp³-hybridized carbons (Fsp3) is 0.867. The summed E-state index contributed by atoms with van der Waals surface area (Å²) in [6.45, 7) is 9.01. The van der Waals surface area contributed by atoms with Gasteiger partial charge in [-0.3, -0.25) is 4.79 Å². The lowest BCUT2D eigenvalue weighted by Gasteiger charge is -2.38. The van der Waals surface area contributed by atoms with E-state index in [1.54, 1.807) is 0 Å². The monoisotopic (exact) mass is 296 g/mol. The molecule has 0 spiro atoms. The third kappa shape index (κ3) is 3.87. The van der Waals surface area contributed by atoms with Crippen LogP contribution in [0.25, 0.3) is 0 Å². The maximum atomic E-state index is 12.4. The van der Waals surface area contributed by atoms with E-state index in [9.17, 15) is 9.59 Å². The Hall–Kier alpha value is -1.30. The van der Waals surface area contributed by atoms with Crippen LogP contribution in [0.4, 0.5) is 4.79 Å². The van der Waals surface area contributed by atoms with Crippen LogP contribution in [0.1, 0.15) is 33.1 Å². The van der Waals surface area contributed by atoms with E-state index in [0.29, 0.717) is 26.2 Å². The summed E-state index contributed by atoms with van der Waals surface area (Å²) < 4.78 is 0. The molecule has 1 unspecified atom stereocenters. The average molecular weight is 296 g/mol. The second-order valence-electron chi connectivity index (χ2n) is 5.77. The van der Waals surface area contributed by atoms with E-state index in [1.165, 1.54) is 0 Å². The van der Waals surface area contributed by atoms with Crippen molar-refractivity contribution in [1.29, 1.82) is 0 Å². The summed E-state index contributed by atoms with van der Waals surface area (Å²) in [5.41, 5.74) is 0. The summed E-state index contributed by atoms with van der Waals surface area (Å²) >= 11 is 0. The van der Waals surface area contributed by atoms with Gasteiger partial charge in [-0.05, 0) is 33.2 Å². The summed E-state index contributed by atoms with van der Waals surface area (Å²) in [6, 6.07) is 0.0895. The molecular formula is C15H28N4O2. The molecule has 0 aromatic rings. The number of urea groups is 1. The van der Waals surface area contributed by atoms with Crippen LogP contribution in [0, 0.1) is 0 Å². The Morgan fingerprint density at radius 2 is 1.67 bits per heavy atom. The molecule has 0 radical (unpaired) electrons. The molecule has 3 amide bonds. The van der Waals surface area contributed by atoms with E-state index in [1.807, 2.05) is 28.5 Å². The standard InChI is InChI=1S/C15H28N4O2/c1-3-17(4-2)15(21)19-11-9-18(10-12-19)14(20)13-7-5-6-8-16-13/h13,16H,3-12H2,1-2H3. The zero-order chi connectivity index (χ0) is 15.2. The molecule has 0 aliphatic carbocycles. The van der Waals surface area contributed by atoms with Gasteiger partial charge < -0.3 is 20.0 Å². The highest BCUT2D eigenvalue weighted by molar-refractivity contribution is 5.82. The van der Waals surface area contributed by atoms with Crippen molar-refractivity contribution in [3.8, 4) is 0 Å². The van der Waals surface area contributed by atoms with Gasteiger partial charge in [-0.25, -0.2) is 4.79 Å². The predicted molar refractivity (Wildman–Crippen MR) is 82.1 cm³/mol. The van der Waals surface area contributed by atoms with Crippen molar-refractivity contribution in [2.45, 2.75) is 39.2 Å². The van der Waals surface area contributed by atoms with Crippen molar-refractivity contribution in [3.63, 3.8) is 0 Å². The molecule has 1 atom stereocenters. The minimum absolute atomic E-state index is 0.0104. The summed E-state index contributed by atoms with van der Waals surface area (Å²) in [6.07, 6.45) is 3.23. The first kappa shape index (κ1) is 16.1. The predicted octanol–water partition coefficient (Wildman–Crippen LogP) is 0.735. The van der Waals surface area contributed by atoms with Crippen LogP contribution >= 0.6 is 0 Å². The molecule has 6 nitrogen and oxygen atoms in total. The largest absolute Gasteiger partial charge is 0.338 e. The number of rotatable bonds is 3. The number of amides is 3. The summed E-state index contributed by atoms with van der Waals surface area (Å²) in [5.74, 6) is 0.213. The minimum Gasteiger partial charge on any atom is -0.338 e. The topological polar surface area (TPSA) is 55.9 Å². The number of hydrogen-bond acceptors (Lipinski definition) is 3. The highest BCUT2D eigenvalue weighted by Crippen LogP contribution is 2.12. The number of piperidine rings is 1. The number of nitrogens with one attached hydrogen (secondary N) is 1. The number of piperazine rings is 1. The molecule has 0 bridgehead atoms. The number of carbonyl (C=O) groups excluding carboxylic acids is 2. The SMILES string of the molecule is CCN(CC)C(=O)N1CCN(C(=O)C2CCCCN2)CC1. The van der Waals surface area contributed by atoms with Crippen molar-refractivity contribution >= 4 is 11.9 Å². The van der Waals surface area contributed by atoms with Crippen LogP contribution in [0.5, 0.6) is 0 Å². The average Bonchev–Trinajstić information content (AvgIpc) is 2.56. The first-order valence-corrected chi connectivity index (χ1v) is 8.23. The van der Waals surface area contributed by atoms with E-state index in [4.69, 9.17) is 0 Å².